The van der Waals surface area contributed by atoms with Crippen LogP contribution in [0, 0.1) is 5.92 Å². The van der Waals surface area contributed by atoms with Crippen LogP contribution >= 0.6 is 0 Å². The van der Waals surface area contributed by atoms with Crippen molar-refractivity contribution in [3.8, 4) is 11.5 Å². The number of unbranched alkanes of at least 4 members (excludes halogenated alkanes) is 3. The molecule has 0 aliphatic carbocycles. The molecule has 0 bridgehead atoms. The zero-order chi connectivity index (χ0) is 34.5. The third-order valence-electron chi connectivity index (χ3n) is 8.63. The van der Waals surface area contributed by atoms with E-state index in [9.17, 15) is 19.8 Å². The minimum absolute atomic E-state index is 0.0772. The van der Waals surface area contributed by atoms with Gasteiger partial charge in [-0.15, -0.1) is 0 Å². The van der Waals surface area contributed by atoms with Gasteiger partial charge in [0.05, 0.1) is 12.3 Å². The van der Waals surface area contributed by atoms with E-state index in [-0.39, 0.29) is 28.1 Å². The van der Waals surface area contributed by atoms with Crippen molar-refractivity contribution in [1.29, 1.82) is 0 Å². The Morgan fingerprint density at radius 3 is 1.42 bits per heavy atom. The van der Waals surface area contributed by atoms with Gasteiger partial charge in [-0.3, -0.25) is 9.59 Å². The molecule has 0 saturated heterocycles. The summed E-state index contributed by atoms with van der Waals surface area (Å²) in [6.45, 7) is 27.0. The van der Waals surface area contributed by atoms with E-state index in [0.717, 1.165) is 59.1 Å². The number of phenolic OH excluding ortho intramolecular Hbond substituents is 2. The molecule has 2 N–H and O–H groups in total. The summed E-state index contributed by atoms with van der Waals surface area (Å²) in [5.74, 6) is -0.839. The maximum absolute atomic E-state index is 13.6. The predicted molar refractivity (Wildman–Crippen MR) is 186 cm³/mol. The normalized spacial score (nSPS) is 13.5. The van der Waals surface area contributed by atoms with Crippen molar-refractivity contribution in [1.82, 2.24) is 0 Å². The molecule has 0 aromatic heterocycles. The number of ether oxygens (including phenoxy) is 1. The molecule has 2 rings (SSSR count). The van der Waals surface area contributed by atoms with Gasteiger partial charge in [0.15, 0.2) is 0 Å². The number of aryl methyl sites for hydroxylation is 1. The van der Waals surface area contributed by atoms with Gasteiger partial charge in [-0.05, 0) is 74.3 Å². The van der Waals surface area contributed by atoms with Crippen LogP contribution in [0.25, 0.3) is 0 Å². The lowest BCUT2D eigenvalue weighted by Crippen LogP contribution is -2.24. The average Bonchev–Trinajstić information content (AvgIpc) is 2.87. The molecule has 1 unspecified atom stereocenters. The molecule has 252 valence electrons. The van der Waals surface area contributed by atoms with Crippen molar-refractivity contribution in [2.45, 2.75) is 163 Å². The molecular weight excluding hydrogens is 560 g/mol. The molecule has 0 fully saturated rings. The molecule has 0 radical (unpaired) electrons. The summed E-state index contributed by atoms with van der Waals surface area (Å²) in [5, 5.41) is 22.2. The van der Waals surface area contributed by atoms with Crippen LogP contribution < -0.4 is 0 Å². The summed E-state index contributed by atoms with van der Waals surface area (Å²) in [4.78, 5) is 26.6. The van der Waals surface area contributed by atoms with Crippen LogP contribution in [0.1, 0.15) is 162 Å². The second kappa shape index (κ2) is 14.7. The molecule has 0 amide bonds. The van der Waals surface area contributed by atoms with Gasteiger partial charge in [0.2, 0.25) is 0 Å². The second-order valence-corrected chi connectivity index (χ2v) is 17.1. The molecule has 0 heterocycles. The Labute approximate surface area is 274 Å². The molecule has 5 nitrogen and oxygen atoms in total. The highest BCUT2D eigenvalue weighted by Gasteiger charge is 2.30. The van der Waals surface area contributed by atoms with E-state index in [0.29, 0.717) is 30.8 Å². The molecule has 0 aliphatic heterocycles. The van der Waals surface area contributed by atoms with E-state index in [2.05, 4.69) is 90.0 Å². The van der Waals surface area contributed by atoms with E-state index in [4.69, 9.17) is 4.74 Å². The zero-order valence-electron chi connectivity index (χ0n) is 30.7. The van der Waals surface area contributed by atoms with Crippen LogP contribution in [0.3, 0.4) is 0 Å². The molecule has 1 atom stereocenters. The van der Waals surface area contributed by atoms with Gasteiger partial charge in [0, 0.05) is 0 Å². The number of rotatable bonds is 11. The number of aromatic hydroxyl groups is 2. The van der Waals surface area contributed by atoms with E-state index in [1.165, 1.54) is 0 Å². The van der Waals surface area contributed by atoms with Crippen LogP contribution in [0.2, 0.25) is 0 Å². The Bertz CT molecular complexity index is 1250. The van der Waals surface area contributed by atoms with E-state index in [1.54, 1.807) is 0 Å². The first kappa shape index (κ1) is 38.4. The Balaban J connectivity index is 2.33. The maximum Gasteiger partial charge on any atom is 0.316 e. The van der Waals surface area contributed by atoms with Gasteiger partial charge in [0.1, 0.15) is 11.5 Å². The van der Waals surface area contributed by atoms with Crippen molar-refractivity contribution in [2.75, 3.05) is 0 Å². The minimum atomic E-state index is -0.530. The van der Waals surface area contributed by atoms with E-state index >= 15 is 0 Å². The zero-order valence-corrected chi connectivity index (χ0v) is 30.7. The fraction of sp³-hybridized carbons (Fsp3) is 0.650. The molecule has 0 aliphatic rings. The topological polar surface area (TPSA) is 83.8 Å². The van der Waals surface area contributed by atoms with Gasteiger partial charge in [0.25, 0.3) is 0 Å². The number of phenols is 2. The molecule has 0 saturated carbocycles. The van der Waals surface area contributed by atoms with Crippen molar-refractivity contribution >= 4 is 11.9 Å². The summed E-state index contributed by atoms with van der Waals surface area (Å²) in [7, 11) is 0. The summed E-state index contributed by atoms with van der Waals surface area (Å²) < 4.78 is 5.52. The smallest absolute Gasteiger partial charge is 0.316 e. The first-order valence-electron chi connectivity index (χ1n) is 16.9. The number of hydrogen-bond acceptors (Lipinski definition) is 5. The Morgan fingerprint density at radius 2 is 1.04 bits per heavy atom. The highest BCUT2D eigenvalue weighted by Crippen LogP contribution is 2.41. The lowest BCUT2D eigenvalue weighted by Gasteiger charge is -2.29. The fourth-order valence-electron chi connectivity index (χ4n) is 5.84. The first-order chi connectivity index (χ1) is 20.5. The lowest BCUT2D eigenvalue weighted by atomic mass is 9.77. The number of carbonyl (C=O) groups is 2. The van der Waals surface area contributed by atoms with E-state index < -0.39 is 17.9 Å². The van der Waals surface area contributed by atoms with Crippen LogP contribution in [-0.2, 0) is 48.8 Å². The number of hydrogen-bond donors (Lipinski definition) is 2. The van der Waals surface area contributed by atoms with Crippen molar-refractivity contribution in [2.24, 2.45) is 5.92 Å². The maximum atomic E-state index is 13.6. The highest BCUT2D eigenvalue weighted by atomic mass is 16.6. The van der Waals surface area contributed by atoms with Gasteiger partial charge in [-0.2, -0.15) is 0 Å². The fourth-order valence-corrected chi connectivity index (χ4v) is 5.84. The van der Waals surface area contributed by atoms with Crippen molar-refractivity contribution < 1.29 is 24.5 Å². The first-order valence-corrected chi connectivity index (χ1v) is 16.9. The van der Waals surface area contributed by atoms with E-state index in [1.807, 2.05) is 24.3 Å². The Morgan fingerprint density at radius 1 is 0.644 bits per heavy atom. The van der Waals surface area contributed by atoms with Gasteiger partial charge >= 0.3 is 11.9 Å². The molecule has 2 aromatic rings. The number of benzene rings is 2. The lowest BCUT2D eigenvalue weighted by molar-refractivity contribution is -0.162. The highest BCUT2D eigenvalue weighted by molar-refractivity contribution is 5.87. The summed E-state index contributed by atoms with van der Waals surface area (Å²) >= 11 is 0. The number of esters is 2. The van der Waals surface area contributed by atoms with Gasteiger partial charge in [-0.1, -0.05) is 140 Å². The van der Waals surface area contributed by atoms with Gasteiger partial charge < -0.3 is 14.9 Å². The second-order valence-electron chi connectivity index (χ2n) is 17.1. The molecule has 2 aromatic carbocycles. The Kier molecular flexibility index (Phi) is 12.6. The monoisotopic (exact) mass is 622 g/mol. The van der Waals surface area contributed by atoms with Crippen LogP contribution in [0.4, 0.5) is 0 Å². The minimum Gasteiger partial charge on any atom is -0.507 e. The molecule has 0 spiro atoms. The quantitative estimate of drug-likeness (QED) is 0.148. The SMILES string of the molecule is CCCCCCC(Cc1cc(C(C)(C)C)c(O)c(C(C)(C)C)c1)C(=O)OC(=O)CCc1cc(C(C)(C)C)c(O)c(C(C)(C)C)c1. The largest absolute Gasteiger partial charge is 0.507 e. The molecule has 45 heavy (non-hydrogen) atoms. The molecular formula is C40H62O5. The number of carbonyl (C=O) groups excluding carboxylic acids is 2. The van der Waals surface area contributed by atoms with Crippen LogP contribution in [-0.4, -0.2) is 22.2 Å². The Hall–Kier alpha value is -2.82. The van der Waals surface area contributed by atoms with Gasteiger partial charge in [-0.25, -0.2) is 0 Å². The standard InChI is InChI=1S/C40H62O5/c1-14-15-16-17-18-28(21-27-24-31(39(8,9)10)35(43)32(25-27)40(11,12)13)36(44)45-33(41)20-19-26-22-29(37(2,3)4)34(42)30(23-26)38(5,6)7/h22-25,28,42-43H,14-21H2,1-13H3. The summed E-state index contributed by atoms with van der Waals surface area (Å²) in [6, 6.07) is 7.98. The predicted octanol–water partition coefficient (Wildman–Crippen LogP) is 10.1. The average molecular weight is 623 g/mol. The molecule has 5 heteroatoms. The third-order valence-corrected chi connectivity index (χ3v) is 8.63. The van der Waals surface area contributed by atoms with Crippen LogP contribution in [0.5, 0.6) is 11.5 Å². The van der Waals surface area contributed by atoms with Crippen molar-refractivity contribution in [3.05, 3.63) is 57.6 Å². The summed E-state index contributed by atoms with van der Waals surface area (Å²) in [6.07, 6.45) is 5.70. The third kappa shape index (κ3) is 10.9. The van der Waals surface area contributed by atoms with Crippen LogP contribution in [0.15, 0.2) is 24.3 Å². The summed E-state index contributed by atoms with van der Waals surface area (Å²) in [5.41, 5.74) is 4.24. The van der Waals surface area contributed by atoms with Crippen molar-refractivity contribution in [3.63, 3.8) is 0 Å².